The third-order valence-electron chi connectivity index (χ3n) is 4.38. The number of imide groups is 1. The Morgan fingerprint density at radius 2 is 2.00 bits per heavy atom. The van der Waals surface area contributed by atoms with Gasteiger partial charge in [-0.25, -0.2) is 9.18 Å². The summed E-state index contributed by atoms with van der Waals surface area (Å²) >= 11 is 0. The van der Waals surface area contributed by atoms with Crippen molar-refractivity contribution in [2.45, 2.75) is 44.3 Å². The van der Waals surface area contributed by atoms with Crippen LogP contribution in [0.15, 0.2) is 18.2 Å². The highest BCUT2D eigenvalue weighted by Crippen LogP contribution is 2.35. The smallest absolute Gasteiger partial charge is 0.325 e. The molecule has 0 bridgehead atoms. The van der Waals surface area contributed by atoms with E-state index < -0.39 is 17.4 Å². The van der Waals surface area contributed by atoms with Crippen molar-refractivity contribution < 1.29 is 14.0 Å². The van der Waals surface area contributed by atoms with Gasteiger partial charge in [-0.3, -0.25) is 9.69 Å². The number of hydrogen-bond acceptors (Lipinski definition) is 3. The van der Waals surface area contributed by atoms with E-state index >= 15 is 0 Å². The van der Waals surface area contributed by atoms with Crippen LogP contribution < -0.4 is 11.1 Å². The minimum atomic E-state index is -0.745. The summed E-state index contributed by atoms with van der Waals surface area (Å²) in [7, 11) is 0. The molecule has 1 heterocycles. The Hall–Kier alpha value is -1.95. The van der Waals surface area contributed by atoms with E-state index in [1.807, 2.05) is 0 Å². The number of halogens is 1. The van der Waals surface area contributed by atoms with Crippen molar-refractivity contribution in [3.8, 4) is 0 Å². The highest BCUT2D eigenvalue weighted by atomic mass is 19.1. The molecule has 3 rings (SSSR count). The Morgan fingerprint density at radius 3 is 2.62 bits per heavy atom. The summed E-state index contributed by atoms with van der Waals surface area (Å²) in [5, 5.41) is 2.79. The zero-order valence-corrected chi connectivity index (χ0v) is 11.7. The molecule has 21 heavy (non-hydrogen) atoms. The second-order valence-corrected chi connectivity index (χ2v) is 5.74. The van der Waals surface area contributed by atoms with E-state index in [-0.39, 0.29) is 19.0 Å². The van der Waals surface area contributed by atoms with Crippen molar-refractivity contribution in [1.29, 1.82) is 0 Å². The van der Waals surface area contributed by atoms with E-state index in [1.165, 1.54) is 6.07 Å². The van der Waals surface area contributed by atoms with Gasteiger partial charge in [-0.1, -0.05) is 25.0 Å². The summed E-state index contributed by atoms with van der Waals surface area (Å²) in [6.45, 7) is 0.215. The third kappa shape index (κ3) is 2.29. The number of urea groups is 1. The lowest BCUT2D eigenvalue weighted by molar-refractivity contribution is -0.131. The van der Waals surface area contributed by atoms with Crippen LogP contribution in [0.1, 0.15) is 36.8 Å². The van der Waals surface area contributed by atoms with Crippen molar-refractivity contribution in [2.75, 3.05) is 0 Å². The average molecular weight is 291 g/mol. The zero-order valence-electron chi connectivity index (χ0n) is 11.7. The molecule has 2 fully saturated rings. The lowest BCUT2D eigenvalue weighted by Gasteiger charge is -2.20. The van der Waals surface area contributed by atoms with Gasteiger partial charge in [0.05, 0.1) is 6.54 Å². The largest absolute Gasteiger partial charge is 0.326 e. The number of nitrogens with zero attached hydrogens (tertiary/aromatic N) is 1. The summed E-state index contributed by atoms with van der Waals surface area (Å²) < 4.78 is 14.0. The topological polar surface area (TPSA) is 75.4 Å². The van der Waals surface area contributed by atoms with Crippen molar-refractivity contribution in [2.24, 2.45) is 5.73 Å². The van der Waals surface area contributed by atoms with Gasteiger partial charge in [0.25, 0.3) is 5.91 Å². The summed E-state index contributed by atoms with van der Waals surface area (Å²) in [4.78, 5) is 25.6. The van der Waals surface area contributed by atoms with Gasteiger partial charge >= 0.3 is 6.03 Å². The SMILES string of the molecule is NCc1ccc(CN2C(=O)NC3(CCCC3)C2=O)c(F)c1. The van der Waals surface area contributed by atoms with E-state index in [4.69, 9.17) is 5.73 Å². The molecule has 0 aromatic heterocycles. The maximum Gasteiger partial charge on any atom is 0.325 e. The van der Waals surface area contributed by atoms with Crippen LogP contribution in [0.5, 0.6) is 0 Å². The summed E-state index contributed by atoms with van der Waals surface area (Å²) in [6, 6.07) is 4.21. The number of carbonyl (C=O) groups is 2. The van der Waals surface area contributed by atoms with Crippen LogP contribution in [0.2, 0.25) is 0 Å². The van der Waals surface area contributed by atoms with Gasteiger partial charge in [-0.15, -0.1) is 0 Å². The van der Waals surface area contributed by atoms with Gasteiger partial charge in [0.15, 0.2) is 0 Å². The van der Waals surface area contributed by atoms with E-state index in [0.29, 0.717) is 24.0 Å². The number of benzene rings is 1. The molecule has 0 radical (unpaired) electrons. The molecular weight excluding hydrogens is 273 g/mol. The Kier molecular flexibility index (Phi) is 3.41. The molecule has 1 aliphatic carbocycles. The van der Waals surface area contributed by atoms with Gasteiger partial charge in [0.1, 0.15) is 11.4 Å². The zero-order chi connectivity index (χ0) is 15.0. The molecule has 3 amide bonds. The Morgan fingerprint density at radius 1 is 1.29 bits per heavy atom. The number of nitrogens with two attached hydrogens (primary N) is 1. The van der Waals surface area contributed by atoms with Crippen LogP contribution in [0.4, 0.5) is 9.18 Å². The molecule has 0 unspecified atom stereocenters. The number of hydrogen-bond donors (Lipinski definition) is 2. The predicted octanol–water partition coefficient (Wildman–Crippen LogP) is 1.65. The molecule has 112 valence electrons. The maximum atomic E-state index is 14.0. The molecule has 3 N–H and O–H groups in total. The fraction of sp³-hybridized carbons (Fsp3) is 0.467. The van der Waals surface area contributed by atoms with Crippen molar-refractivity contribution in [3.05, 3.63) is 35.1 Å². The van der Waals surface area contributed by atoms with Crippen LogP contribution in [0.3, 0.4) is 0 Å². The summed E-state index contributed by atoms with van der Waals surface area (Å²) in [5.74, 6) is -0.668. The highest BCUT2D eigenvalue weighted by molar-refractivity contribution is 6.07. The number of rotatable bonds is 3. The molecule has 0 atom stereocenters. The van der Waals surface area contributed by atoms with Crippen LogP contribution in [0.25, 0.3) is 0 Å². The first-order valence-corrected chi connectivity index (χ1v) is 7.17. The highest BCUT2D eigenvalue weighted by Gasteiger charge is 2.52. The Bertz CT molecular complexity index is 597. The molecule has 1 aliphatic heterocycles. The van der Waals surface area contributed by atoms with Gasteiger partial charge in [0.2, 0.25) is 0 Å². The quantitative estimate of drug-likeness (QED) is 0.831. The normalized spacial score (nSPS) is 20.4. The van der Waals surface area contributed by atoms with Crippen molar-refractivity contribution >= 4 is 11.9 Å². The molecule has 1 aromatic carbocycles. The van der Waals surface area contributed by atoms with Crippen LogP contribution in [-0.4, -0.2) is 22.4 Å². The summed E-state index contributed by atoms with van der Waals surface area (Å²) in [6.07, 6.45) is 3.20. The standard InChI is InChI=1S/C15H18FN3O2/c16-12-7-10(8-17)3-4-11(12)9-19-13(20)15(18-14(19)21)5-1-2-6-15/h3-4,7H,1-2,5-6,8-9,17H2,(H,18,21). The number of nitrogens with one attached hydrogen (secondary N) is 1. The molecule has 1 saturated carbocycles. The van der Waals surface area contributed by atoms with E-state index in [2.05, 4.69) is 5.32 Å². The lowest BCUT2D eigenvalue weighted by atomic mass is 9.98. The molecule has 5 nitrogen and oxygen atoms in total. The molecule has 1 spiro atoms. The Labute approximate surface area is 122 Å². The van der Waals surface area contributed by atoms with E-state index in [9.17, 15) is 14.0 Å². The summed E-state index contributed by atoms with van der Waals surface area (Å²) in [5.41, 5.74) is 5.72. The molecule has 2 aliphatic rings. The maximum absolute atomic E-state index is 14.0. The minimum Gasteiger partial charge on any atom is -0.326 e. The molecule has 1 aromatic rings. The third-order valence-corrected chi connectivity index (χ3v) is 4.38. The molecule has 1 saturated heterocycles. The fourth-order valence-corrected chi connectivity index (χ4v) is 3.15. The van der Waals surface area contributed by atoms with Crippen LogP contribution in [0, 0.1) is 5.82 Å². The monoisotopic (exact) mass is 291 g/mol. The number of amides is 3. The minimum absolute atomic E-state index is 0.0386. The number of carbonyl (C=O) groups excluding carboxylic acids is 2. The van der Waals surface area contributed by atoms with Crippen molar-refractivity contribution in [1.82, 2.24) is 10.2 Å². The van der Waals surface area contributed by atoms with Gasteiger partial charge < -0.3 is 11.1 Å². The first-order chi connectivity index (χ1) is 10.1. The average Bonchev–Trinajstić information content (AvgIpc) is 3.02. The first kappa shape index (κ1) is 14.0. The van der Waals surface area contributed by atoms with Gasteiger partial charge in [-0.05, 0) is 24.5 Å². The second-order valence-electron chi connectivity index (χ2n) is 5.74. The van der Waals surface area contributed by atoms with Gasteiger partial charge in [0, 0.05) is 12.1 Å². The second kappa shape index (κ2) is 5.11. The molecular formula is C15H18FN3O2. The van der Waals surface area contributed by atoms with Gasteiger partial charge in [-0.2, -0.15) is 0 Å². The molecule has 6 heteroatoms. The van der Waals surface area contributed by atoms with Crippen molar-refractivity contribution in [3.63, 3.8) is 0 Å². The lowest BCUT2D eigenvalue weighted by Crippen LogP contribution is -2.44. The van der Waals surface area contributed by atoms with Crippen LogP contribution in [-0.2, 0) is 17.9 Å². The van der Waals surface area contributed by atoms with Crippen LogP contribution >= 0.6 is 0 Å². The van der Waals surface area contributed by atoms with E-state index in [0.717, 1.165) is 17.7 Å². The fourth-order valence-electron chi connectivity index (χ4n) is 3.15. The van der Waals surface area contributed by atoms with E-state index in [1.54, 1.807) is 12.1 Å². The Balaban J connectivity index is 1.82. The first-order valence-electron chi connectivity index (χ1n) is 7.17. The predicted molar refractivity (Wildman–Crippen MR) is 74.6 cm³/mol.